The first-order chi connectivity index (χ1) is 11.2. The fourth-order valence-corrected chi connectivity index (χ4v) is 2.22. The van der Waals surface area contributed by atoms with Crippen LogP contribution in [-0.2, 0) is 6.54 Å². The maximum Gasteiger partial charge on any atom is 0.154 e. The molecule has 0 aliphatic carbocycles. The van der Waals surface area contributed by atoms with Gasteiger partial charge in [0.25, 0.3) is 0 Å². The van der Waals surface area contributed by atoms with Gasteiger partial charge in [-0.15, -0.1) is 0 Å². The molecule has 0 amide bonds. The van der Waals surface area contributed by atoms with Gasteiger partial charge in [0, 0.05) is 31.4 Å². The Hall–Kier alpha value is -2.96. The monoisotopic (exact) mass is 309 g/mol. The highest BCUT2D eigenvalue weighted by molar-refractivity contribution is 5.95. The lowest BCUT2D eigenvalue weighted by atomic mass is 10.2. The van der Waals surface area contributed by atoms with Gasteiger partial charge in [-0.2, -0.15) is 5.10 Å². The van der Waals surface area contributed by atoms with Gasteiger partial charge < -0.3 is 16.1 Å². The first kappa shape index (κ1) is 15.0. The zero-order valence-electron chi connectivity index (χ0n) is 13.0. The summed E-state index contributed by atoms with van der Waals surface area (Å²) in [6.45, 7) is 6.47. The van der Waals surface area contributed by atoms with Gasteiger partial charge in [0.05, 0.1) is 6.20 Å². The van der Waals surface area contributed by atoms with Crippen molar-refractivity contribution in [2.75, 3.05) is 10.6 Å². The summed E-state index contributed by atoms with van der Waals surface area (Å²) >= 11 is 0. The van der Waals surface area contributed by atoms with Crippen LogP contribution in [0.15, 0.2) is 42.4 Å². The van der Waals surface area contributed by atoms with E-state index in [2.05, 4.69) is 49.6 Å². The van der Waals surface area contributed by atoms with E-state index in [4.69, 9.17) is 0 Å². The van der Waals surface area contributed by atoms with E-state index in [9.17, 15) is 0 Å². The lowest BCUT2D eigenvalue weighted by molar-refractivity contribution is 0.636. The number of amidine groups is 1. The Kier molecular flexibility index (Phi) is 4.46. The third kappa shape index (κ3) is 3.82. The highest BCUT2D eigenvalue weighted by Crippen LogP contribution is 2.16. The number of hydrogen-bond donors (Lipinski definition) is 3. The quantitative estimate of drug-likeness (QED) is 0.785. The third-order valence-corrected chi connectivity index (χ3v) is 3.37. The number of aromatic nitrogens is 3. The summed E-state index contributed by atoms with van der Waals surface area (Å²) in [4.78, 5) is 13.0. The number of hydrogen-bond acceptors (Lipinski definition) is 7. The van der Waals surface area contributed by atoms with Crippen LogP contribution in [0.2, 0.25) is 0 Å². The minimum atomic E-state index is 0.334. The van der Waals surface area contributed by atoms with E-state index in [-0.39, 0.29) is 0 Å². The van der Waals surface area contributed by atoms with E-state index in [1.807, 2.05) is 18.3 Å². The van der Waals surface area contributed by atoms with Crippen LogP contribution in [0.3, 0.4) is 0 Å². The molecule has 1 atom stereocenters. The summed E-state index contributed by atoms with van der Waals surface area (Å²) in [7, 11) is 0. The molecule has 3 heterocycles. The van der Waals surface area contributed by atoms with Crippen LogP contribution < -0.4 is 16.1 Å². The normalized spacial score (nSPS) is 16.4. The van der Waals surface area contributed by atoms with E-state index in [1.54, 1.807) is 18.5 Å². The minimum Gasteiger partial charge on any atom is -0.364 e. The first-order valence-electron chi connectivity index (χ1n) is 7.46. The molecule has 2 aromatic heterocycles. The van der Waals surface area contributed by atoms with Gasteiger partial charge >= 0.3 is 0 Å². The largest absolute Gasteiger partial charge is 0.364 e. The van der Waals surface area contributed by atoms with Crippen molar-refractivity contribution < 1.29 is 0 Å². The van der Waals surface area contributed by atoms with Gasteiger partial charge in [0.15, 0.2) is 11.6 Å². The molecule has 0 radical (unpaired) electrons. The summed E-state index contributed by atoms with van der Waals surface area (Å²) in [6, 6.07) is 4.24. The molecular formula is C16H19N7. The molecule has 3 rings (SSSR count). The smallest absolute Gasteiger partial charge is 0.154 e. The Bertz CT molecular complexity index is 712. The fourth-order valence-electron chi connectivity index (χ4n) is 2.22. The molecule has 3 N–H and O–H groups in total. The Morgan fingerprint density at radius 3 is 3.04 bits per heavy atom. The molecular weight excluding hydrogens is 290 g/mol. The molecule has 0 fully saturated rings. The number of hydrazone groups is 1. The number of nitrogens with zero attached hydrogens (tertiary/aromatic N) is 4. The summed E-state index contributed by atoms with van der Waals surface area (Å²) in [5.74, 6) is 2.18. The van der Waals surface area contributed by atoms with E-state index in [0.717, 1.165) is 17.8 Å². The Balaban J connectivity index is 1.72. The first-order valence-corrected chi connectivity index (χ1v) is 7.46. The molecule has 0 saturated heterocycles. The van der Waals surface area contributed by atoms with E-state index < -0.39 is 0 Å². The summed E-state index contributed by atoms with van der Waals surface area (Å²) in [6.07, 6.45) is 7.76. The number of nitrogens with one attached hydrogen (secondary N) is 3. The Labute approximate surface area is 135 Å². The van der Waals surface area contributed by atoms with E-state index in [1.165, 1.54) is 0 Å². The lowest BCUT2D eigenvalue weighted by Crippen LogP contribution is -2.16. The van der Waals surface area contributed by atoms with Crippen molar-refractivity contribution in [2.24, 2.45) is 5.10 Å². The SMILES string of the molecule is C=Cc1ncc(NC2=NNC(C)C2)nc1NCc1cccnc1. The molecule has 0 spiro atoms. The molecule has 2 aromatic rings. The lowest BCUT2D eigenvalue weighted by Gasteiger charge is -2.11. The molecule has 0 aromatic carbocycles. The Morgan fingerprint density at radius 2 is 2.35 bits per heavy atom. The average molecular weight is 309 g/mol. The van der Waals surface area contributed by atoms with Gasteiger partial charge in [-0.25, -0.2) is 9.97 Å². The number of anilines is 2. The summed E-state index contributed by atoms with van der Waals surface area (Å²) in [5.41, 5.74) is 4.79. The molecule has 0 bridgehead atoms. The third-order valence-electron chi connectivity index (χ3n) is 3.37. The molecule has 7 heteroatoms. The van der Waals surface area contributed by atoms with Crippen molar-refractivity contribution >= 4 is 23.5 Å². The van der Waals surface area contributed by atoms with Gasteiger partial charge in [-0.05, 0) is 24.6 Å². The predicted molar refractivity (Wildman–Crippen MR) is 92.0 cm³/mol. The van der Waals surface area contributed by atoms with Gasteiger partial charge in [-0.3, -0.25) is 4.98 Å². The van der Waals surface area contributed by atoms with Crippen molar-refractivity contribution in [1.29, 1.82) is 0 Å². The molecule has 7 nitrogen and oxygen atoms in total. The number of pyridine rings is 1. The summed E-state index contributed by atoms with van der Waals surface area (Å²) in [5, 5.41) is 10.7. The van der Waals surface area contributed by atoms with Crippen molar-refractivity contribution in [3.8, 4) is 0 Å². The van der Waals surface area contributed by atoms with E-state index >= 15 is 0 Å². The van der Waals surface area contributed by atoms with E-state index in [0.29, 0.717) is 29.9 Å². The van der Waals surface area contributed by atoms with Crippen LogP contribution in [0.1, 0.15) is 24.6 Å². The van der Waals surface area contributed by atoms with Crippen LogP contribution in [0.25, 0.3) is 6.08 Å². The minimum absolute atomic E-state index is 0.334. The van der Waals surface area contributed by atoms with Crippen LogP contribution in [0.4, 0.5) is 11.6 Å². The van der Waals surface area contributed by atoms with Crippen LogP contribution >= 0.6 is 0 Å². The maximum absolute atomic E-state index is 4.56. The van der Waals surface area contributed by atoms with Crippen molar-refractivity contribution in [1.82, 2.24) is 20.4 Å². The average Bonchev–Trinajstić information content (AvgIpc) is 2.99. The van der Waals surface area contributed by atoms with Crippen molar-refractivity contribution in [3.63, 3.8) is 0 Å². The second kappa shape index (κ2) is 6.87. The molecule has 23 heavy (non-hydrogen) atoms. The molecule has 0 saturated carbocycles. The molecule has 1 unspecified atom stereocenters. The van der Waals surface area contributed by atoms with Crippen molar-refractivity contribution in [3.05, 3.63) is 48.6 Å². The second-order valence-electron chi connectivity index (χ2n) is 5.33. The van der Waals surface area contributed by atoms with Gasteiger partial charge in [0.1, 0.15) is 11.5 Å². The highest BCUT2D eigenvalue weighted by atomic mass is 15.4. The topological polar surface area (TPSA) is 87.1 Å². The zero-order valence-corrected chi connectivity index (χ0v) is 13.0. The molecule has 1 aliphatic rings. The predicted octanol–water partition coefficient (Wildman–Crippen LogP) is 2.23. The van der Waals surface area contributed by atoms with Gasteiger partial charge in [-0.1, -0.05) is 12.6 Å². The van der Waals surface area contributed by atoms with Crippen molar-refractivity contribution in [2.45, 2.75) is 25.9 Å². The van der Waals surface area contributed by atoms with Gasteiger partial charge in [0.2, 0.25) is 0 Å². The standard InChI is InChI=1S/C16H19N7/c1-3-13-16(19-9-12-5-4-6-17-8-12)21-15(10-18-13)20-14-7-11(2)22-23-14/h3-6,8,10-11,22H,1,7,9H2,2H3,(H2,19,20,21,23). The Morgan fingerprint density at radius 1 is 1.43 bits per heavy atom. The second-order valence-corrected chi connectivity index (χ2v) is 5.33. The molecule has 1 aliphatic heterocycles. The summed E-state index contributed by atoms with van der Waals surface area (Å²) < 4.78 is 0. The molecule has 118 valence electrons. The maximum atomic E-state index is 4.56. The zero-order chi connectivity index (χ0) is 16.1. The van der Waals surface area contributed by atoms with Crippen LogP contribution in [-0.4, -0.2) is 26.8 Å². The fraction of sp³-hybridized carbons (Fsp3) is 0.250. The highest BCUT2D eigenvalue weighted by Gasteiger charge is 2.14. The van der Waals surface area contributed by atoms with Crippen LogP contribution in [0, 0.1) is 0 Å². The number of rotatable bonds is 5. The van der Waals surface area contributed by atoms with Crippen LogP contribution in [0.5, 0.6) is 0 Å².